The Labute approximate surface area is 357 Å². The molecule has 0 aliphatic heterocycles. The van der Waals surface area contributed by atoms with E-state index in [4.69, 9.17) is 43.5 Å². The van der Waals surface area contributed by atoms with Crippen molar-refractivity contribution in [3.05, 3.63) is 176 Å². The van der Waals surface area contributed by atoms with Crippen LogP contribution in [0.25, 0.3) is 0 Å². The molecule has 15 heteroatoms. The maximum atomic E-state index is 13.3. The molecule has 0 fully saturated rings. The SMILES string of the molecule is COc1ccc(CSc2cc(CF)cc(C(=O)Nc3ccc(F)c(Cl)c3)c2)cc1.COc1ccc(CSc2cc(CF)cc(C(=O)O)c2)cc1.Nc1ccc(F)c(Cl)c1. The summed E-state index contributed by atoms with van der Waals surface area (Å²) in [6, 6.07) is 32.8. The Morgan fingerprint density at radius 3 is 1.51 bits per heavy atom. The second-order valence-electron chi connectivity index (χ2n) is 12.3. The lowest BCUT2D eigenvalue weighted by atomic mass is 10.1. The lowest BCUT2D eigenvalue weighted by Gasteiger charge is -2.10. The van der Waals surface area contributed by atoms with Crippen molar-refractivity contribution in [2.24, 2.45) is 0 Å². The van der Waals surface area contributed by atoms with E-state index in [9.17, 15) is 27.2 Å². The molecule has 0 aromatic heterocycles. The summed E-state index contributed by atoms with van der Waals surface area (Å²) in [7, 11) is 3.22. The van der Waals surface area contributed by atoms with E-state index in [0.29, 0.717) is 39.6 Å². The van der Waals surface area contributed by atoms with Gasteiger partial charge in [-0.3, -0.25) is 4.79 Å². The number of carbonyl (C=O) groups is 2. The molecule has 1 amide bonds. The zero-order valence-electron chi connectivity index (χ0n) is 31.6. The van der Waals surface area contributed by atoms with Gasteiger partial charge >= 0.3 is 5.97 Å². The van der Waals surface area contributed by atoms with Crippen molar-refractivity contribution in [1.82, 2.24) is 0 Å². The first-order valence-corrected chi connectivity index (χ1v) is 20.1. The van der Waals surface area contributed by atoms with E-state index in [0.717, 1.165) is 32.4 Å². The maximum absolute atomic E-state index is 13.3. The van der Waals surface area contributed by atoms with Crippen LogP contribution < -0.4 is 20.5 Å². The van der Waals surface area contributed by atoms with Crippen LogP contribution in [0.1, 0.15) is 43.0 Å². The predicted octanol–water partition coefficient (Wildman–Crippen LogP) is 12.7. The number of rotatable bonds is 13. The van der Waals surface area contributed by atoms with Crippen LogP contribution in [0.15, 0.2) is 131 Å². The van der Waals surface area contributed by atoms with Crippen molar-refractivity contribution in [1.29, 1.82) is 0 Å². The number of carboxylic acids is 1. The molecule has 0 radical (unpaired) electrons. The van der Waals surface area contributed by atoms with Gasteiger partial charge in [-0.2, -0.15) is 0 Å². The third-order valence-electron chi connectivity index (χ3n) is 8.00. The van der Waals surface area contributed by atoms with Gasteiger partial charge in [0, 0.05) is 38.2 Å². The number of aromatic carboxylic acids is 1. The first-order chi connectivity index (χ1) is 28.3. The summed E-state index contributed by atoms with van der Waals surface area (Å²) in [6.45, 7) is -1.35. The van der Waals surface area contributed by atoms with E-state index < -0.39 is 36.9 Å². The highest BCUT2D eigenvalue weighted by atomic mass is 35.5. The zero-order chi connectivity index (χ0) is 42.9. The van der Waals surface area contributed by atoms with Crippen LogP contribution in [0.4, 0.5) is 28.9 Å². The Bertz CT molecular complexity index is 2340. The standard InChI is InChI=1S/C22H18ClF2NO2S.C16H15FO3S.C6H5ClFN/c1-28-18-5-2-14(3-6-18)13-29-19-9-15(12-24)8-16(10-19)22(27)26-17-4-7-21(25)20(23)11-17;1-20-14-4-2-11(3-5-14)10-21-15-7-12(9-17)6-13(8-15)16(18)19;7-5-3-4(9)1-2-6(5)8/h2-11H,12-13H2,1H3,(H,26,27);2-8H,9-10H2,1H3,(H,18,19);1-3H,9H2. The highest BCUT2D eigenvalue weighted by molar-refractivity contribution is 7.98. The molecule has 0 atom stereocenters. The van der Waals surface area contributed by atoms with Crippen molar-refractivity contribution < 1.29 is 41.7 Å². The van der Waals surface area contributed by atoms with Gasteiger partial charge in [0.05, 0.1) is 29.8 Å². The number of methoxy groups -OCH3 is 2. The number of benzene rings is 6. The molecule has 6 rings (SSSR count). The van der Waals surface area contributed by atoms with Crippen LogP contribution in [0.5, 0.6) is 11.5 Å². The number of alkyl halides is 2. The average Bonchev–Trinajstić information content (AvgIpc) is 3.25. The fourth-order valence-electron chi connectivity index (χ4n) is 4.96. The number of hydrogen-bond acceptors (Lipinski definition) is 7. The van der Waals surface area contributed by atoms with Gasteiger partial charge < -0.3 is 25.6 Å². The molecule has 0 saturated heterocycles. The molecule has 308 valence electrons. The molecule has 6 aromatic rings. The minimum Gasteiger partial charge on any atom is -0.497 e. The predicted molar refractivity (Wildman–Crippen MR) is 230 cm³/mol. The number of thioether (sulfide) groups is 2. The topological polar surface area (TPSA) is 111 Å². The number of carboxylic acid groups (broad SMARTS) is 1. The van der Waals surface area contributed by atoms with Crippen molar-refractivity contribution in [2.45, 2.75) is 34.6 Å². The van der Waals surface area contributed by atoms with Crippen LogP contribution in [-0.4, -0.2) is 31.2 Å². The molecular formula is C44H38Cl2F4N2O5S2. The van der Waals surface area contributed by atoms with Crippen LogP contribution in [0.3, 0.4) is 0 Å². The van der Waals surface area contributed by atoms with E-state index in [2.05, 4.69) is 5.32 Å². The second-order valence-corrected chi connectivity index (χ2v) is 15.2. The van der Waals surface area contributed by atoms with Gasteiger partial charge in [0.25, 0.3) is 5.91 Å². The molecule has 0 spiro atoms. The number of nitrogens with one attached hydrogen (secondary N) is 1. The van der Waals surface area contributed by atoms with Gasteiger partial charge in [-0.05, 0) is 119 Å². The summed E-state index contributed by atoms with van der Waals surface area (Å²) in [6.07, 6.45) is 0. The molecule has 0 bridgehead atoms. The molecule has 4 N–H and O–H groups in total. The lowest BCUT2D eigenvalue weighted by molar-refractivity contribution is 0.0696. The van der Waals surface area contributed by atoms with Gasteiger partial charge in [-0.15, -0.1) is 23.5 Å². The molecule has 0 aliphatic carbocycles. The number of carbonyl (C=O) groups excluding carboxylic acids is 1. The normalized spacial score (nSPS) is 10.4. The number of ether oxygens (including phenoxy) is 2. The van der Waals surface area contributed by atoms with Gasteiger partial charge in [-0.25, -0.2) is 22.4 Å². The van der Waals surface area contributed by atoms with Crippen LogP contribution in [0, 0.1) is 11.6 Å². The molecule has 59 heavy (non-hydrogen) atoms. The molecule has 0 unspecified atom stereocenters. The maximum Gasteiger partial charge on any atom is 0.335 e. The Kier molecular flexibility index (Phi) is 18.3. The summed E-state index contributed by atoms with van der Waals surface area (Å²) in [5.74, 6) is 0.431. The number of amides is 1. The van der Waals surface area contributed by atoms with E-state index in [1.165, 1.54) is 72.1 Å². The highest BCUT2D eigenvalue weighted by Crippen LogP contribution is 2.29. The van der Waals surface area contributed by atoms with Gasteiger partial charge in [0.1, 0.15) is 36.5 Å². The molecule has 6 aromatic carbocycles. The Morgan fingerprint density at radius 2 is 1.08 bits per heavy atom. The fourth-order valence-corrected chi connectivity index (χ4v) is 7.27. The van der Waals surface area contributed by atoms with Crippen LogP contribution in [-0.2, 0) is 24.9 Å². The number of nitrogen functional groups attached to an aromatic ring is 1. The van der Waals surface area contributed by atoms with Crippen molar-refractivity contribution in [3.63, 3.8) is 0 Å². The van der Waals surface area contributed by atoms with E-state index in [1.54, 1.807) is 38.5 Å². The lowest BCUT2D eigenvalue weighted by Crippen LogP contribution is -2.12. The quantitative estimate of drug-likeness (QED) is 0.0597. The Hall–Kier alpha value is -5.34. The van der Waals surface area contributed by atoms with Crippen molar-refractivity contribution in [2.75, 3.05) is 25.3 Å². The largest absolute Gasteiger partial charge is 0.497 e. The molecular weight excluding hydrogens is 848 g/mol. The summed E-state index contributed by atoms with van der Waals surface area (Å²) in [5, 5.41) is 11.7. The number of nitrogens with two attached hydrogens (primary N) is 1. The van der Waals surface area contributed by atoms with E-state index in [1.807, 2.05) is 48.5 Å². The smallest absolute Gasteiger partial charge is 0.335 e. The molecule has 0 heterocycles. The van der Waals surface area contributed by atoms with Crippen molar-refractivity contribution in [3.8, 4) is 11.5 Å². The Morgan fingerprint density at radius 1 is 0.627 bits per heavy atom. The highest BCUT2D eigenvalue weighted by Gasteiger charge is 2.12. The summed E-state index contributed by atoms with van der Waals surface area (Å²) in [5.41, 5.74) is 9.50. The van der Waals surface area contributed by atoms with E-state index in [-0.39, 0.29) is 15.6 Å². The van der Waals surface area contributed by atoms with Gasteiger partial charge in [-0.1, -0.05) is 47.5 Å². The van der Waals surface area contributed by atoms with Gasteiger partial charge in [0.15, 0.2) is 0 Å². The summed E-state index contributed by atoms with van der Waals surface area (Å²) < 4.78 is 61.9. The first-order valence-electron chi connectivity index (χ1n) is 17.4. The Balaban J connectivity index is 0.000000222. The van der Waals surface area contributed by atoms with E-state index >= 15 is 0 Å². The monoisotopic (exact) mass is 884 g/mol. The molecule has 7 nitrogen and oxygen atoms in total. The van der Waals surface area contributed by atoms with Crippen molar-refractivity contribution >= 4 is 70.0 Å². The minimum atomic E-state index is -1.04. The second kappa shape index (κ2) is 23.3. The number of hydrogen-bond donors (Lipinski definition) is 3. The molecule has 0 aliphatic rings. The molecule has 0 saturated carbocycles. The minimum absolute atomic E-state index is 0.0648. The summed E-state index contributed by atoms with van der Waals surface area (Å²) in [4.78, 5) is 25.1. The van der Waals surface area contributed by atoms with Crippen LogP contribution in [0.2, 0.25) is 10.0 Å². The van der Waals surface area contributed by atoms with Gasteiger partial charge in [0.2, 0.25) is 0 Å². The first kappa shape index (κ1) is 46.4. The number of halogens is 6. The average molecular weight is 886 g/mol. The zero-order valence-corrected chi connectivity index (χ0v) is 34.8. The fraction of sp³-hybridized carbons (Fsp3) is 0.136. The van der Waals surface area contributed by atoms with Crippen LogP contribution >= 0.6 is 46.7 Å². The summed E-state index contributed by atoms with van der Waals surface area (Å²) >= 11 is 14.1. The number of anilines is 2. The third-order valence-corrected chi connectivity index (χ3v) is 10.7. The third kappa shape index (κ3) is 15.1.